The number of hydrogen-bond acceptors (Lipinski definition) is 3. The zero-order chi connectivity index (χ0) is 15.5. The number of benzene rings is 2. The molecule has 0 bridgehead atoms. The van der Waals surface area contributed by atoms with Crippen molar-refractivity contribution < 1.29 is 17.2 Å². The summed E-state index contributed by atoms with van der Waals surface area (Å²) >= 11 is 0. The molecule has 0 saturated carbocycles. The molecule has 7 heteroatoms. The molecule has 2 aromatic carbocycles. The standard InChI is InChI=1S/C14H12F2N2O2S/c1-10(14-12(15)8-5-9-13(14)16)17-18-21(19,20)11-6-3-2-4-7-11/h2-9,18H,1H3/b17-10-. The van der Waals surface area contributed by atoms with E-state index < -0.39 is 21.7 Å². The molecular weight excluding hydrogens is 298 g/mol. The first-order valence-corrected chi connectivity index (χ1v) is 7.45. The topological polar surface area (TPSA) is 58.5 Å². The van der Waals surface area contributed by atoms with Gasteiger partial charge in [-0.2, -0.15) is 18.4 Å². The third kappa shape index (κ3) is 3.43. The Morgan fingerprint density at radius 1 is 1.00 bits per heavy atom. The van der Waals surface area contributed by atoms with Gasteiger partial charge in [0.1, 0.15) is 11.6 Å². The first kappa shape index (κ1) is 15.1. The average molecular weight is 310 g/mol. The first-order chi connectivity index (χ1) is 9.92. The fourth-order valence-corrected chi connectivity index (χ4v) is 2.56. The van der Waals surface area contributed by atoms with Gasteiger partial charge in [0.2, 0.25) is 0 Å². The molecule has 2 rings (SSSR count). The average Bonchev–Trinajstić information content (AvgIpc) is 2.46. The predicted octanol–water partition coefficient (Wildman–Crippen LogP) is 2.67. The van der Waals surface area contributed by atoms with Crippen molar-refractivity contribution in [3.05, 3.63) is 65.7 Å². The molecule has 0 amide bonds. The highest BCUT2D eigenvalue weighted by Crippen LogP contribution is 2.13. The van der Waals surface area contributed by atoms with Crippen molar-refractivity contribution in [2.45, 2.75) is 11.8 Å². The van der Waals surface area contributed by atoms with E-state index >= 15 is 0 Å². The van der Waals surface area contributed by atoms with Crippen LogP contribution in [-0.2, 0) is 10.0 Å². The van der Waals surface area contributed by atoms with Crippen LogP contribution in [0.3, 0.4) is 0 Å². The van der Waals surface area contributed by atoms with E-state index in [-0.39, 0.29) is 16.2 Å². The van der Waals surface area contributed by atoms with Gasteiger partial charge in [0.15, 0.2) is 0 Å². The van der Waals surface area contributed by atoms with Gasteiger partial charge < -0.3 is 0 Å². The van der Waals surface area contributed by atoms with Crippen LogP contribution >= 0.6 is 0 Å². The Bertz CT molecular complexity index is 755. The lowest BCUT2D eigenvalue weighted by atomic mass is 10.1. The maximum absolute atomic E-state index is 13.5. The third-order valence-electron chi connectivity index (χ3n) is 2.71. The normalized spacial score (nSPS) is 12.2. The minimum atomic E-state index is -3.87. The number of nitrogens with zero attached hydrogens (tertiary/aromatic N) is 1. The molecule has 0 unspecified atom stereocenters. The van der Waals surface area contributed by atoms with Gasteiger partial charge in [-0.3, -0.25) is 0 Å². The summed E-state index contributed by atoms with van der Waals surface area (Å²) in [4.78, 5) is 1.96. The molecule has 0 aliphatic heterocycles. The molecule has 0 aromatic heterocycles. The molecule has 0 aliphatic carbocycles. The number of rotatable bonds is 4. The van der Waals surface area contributed by atoms with Crippen LogP contribution in [0.25, 0.3) is 0 Å². The molecule has 21 heavy (non-hydrogen) atoms. The second-order valence-electron chi connectivity index (χ2n) is 4.20. The van der Waals surface area contributed by atoms with E-state index in [9.17, 15) is 17.2 Å². The molecule has 0 radical (unpaired) electrons. The highest BCUT2D eigenvalue weighted by Gasteiger charge is 2.15. The highest BCUT2D eigenvalue weighted by molar-refractivity contribution is 7.89. The van der Waals surface area contributed by atoms with Crippen LogP contribution in [-0.4, -0.2) is 14.1 Å². The molecule has 110 valence electrons. The van der Waals surface area contributed by atoms with Crippen molar-refractivity contribution in [2.75, 3.05) is 0 Å². The van der Waals surface area contributed by atoms with E-state index in [1.807, 2.05) is 4.83 Å². The van der Waals surface area contributed by atoms with Gasteiger partial charge in [0.25, 0.3) is 10.0 Å². The fourth-order valence-electron chi connectivity index (χ4n) is 1.68. The van der Waals surface area contributed by atoms with Crippen molar-refractivity contribution in [3.63, 3.8) is 0 Å². The summed E-state index contributed by atoms with van der Waals surface area (Å²) in [6.07, 6.45) is 0. The highest BCUT2D eigenvalue weighted by atomic mass is 32.2. The zero-order valence-electron chi connectivity index (χ0n) is 11.0. The van der Waals surface area contributed by atoms with E-state index in [2.05, 4.69) is 5.10 Å². The van der Waals surface area contributed by atoms with Crippen LogP contribution < -0.4 is 4.83 Å². The second kappa shape index (κ2) is 6.01. The Labute approximate surface area is 121 Å². The lowest BCUT2D eigenvalue weighted by molar-refractivity contribution is 0.576. The minimum absolute atomic E-state index is 0.00977. The van der Waals surface area contributed by atoms with Gasteiger partial charge in [0, 0.05) is 0 Å². The number of hydrogen-bond donors (Lipinski definition) is 1. The molecule has 1 N–H and O–H groups in total. The first-order valence-electron chi connectivity index (χ1n) is 5.97. The lowest BCUT2D eigenvalue weighted by Crippen LogP contribution is -2.20. The number of halogens is 2. The number of nitrogens with one attached hydrogen (secondary N) is 1. The monoisotopic (exact) mass is 310 g/mol. The number of sulfonamides is 1. The Morgan fingerprint density at radius 2 is 1.57 bits per heavy atom. The number of hydrazone groups is 1. The molecule has 0 fully saturated rings. The van der Waals surface area contributed by atoms with Crippen molar-refractivity contribution in [3.8, 4) is 0 Å². The minimum Gasteiger partial charge on any atom is -0.206 e. The van der Waals surface area contributed by atoms with Crippen molar-refractivity contribution in [1.82, 2.24) is 4.83 Å². The van der Waals surface area contributed by atoms with E-state index in [1.54, 1.807) is 18.2 Å². The Kier molecular flexibility index (Phi) is 4.32. The van der Waals surface area contributed by atoms with Crippen LogP contribution in [0.1, 0.15) is 12.5 Å². The van der Waals surface area contributed by atoms with E-state index in [1.165, 1.54) is 25.1 Å². The maximum Gasteiger partial charge on any atom is 0.276 e. The summed E-state index contributed by atoms with van der Waals surface area (Å²) in [6.45, 7) is 1.31. The zero-order valence-corrected chi connectivity index (χ0v) is 11.9. The summed E-state index contributed by atoms with van der Waals surface area (Å²) in [5.74, 6) is -1.62. The van der Waals surface area contributed by atoms with Crippen molar-refractivity contribution in [2.24, 2.45) is 5.10 Å². The molecule has 2 aromatic rings. The van der Waals surface area contributed by atoms with E-state index in [0.29, 0.717) is 0 Å². The largest absolute Gasteiger partial charge is 0.276 e. The molecular formula is C14H12F2N2O2S. The maximum atomic E-state index is 13.5. The Balaban J connectivity index is 2.29. The fraction of sp³-hybridized carbons (Fsp3) is 0.0714. The van der Waals surface area contributed by atoms with Gasteiger partial charge in [0.05, 0.1) is 16.2 Å². The third-order valence-corrected chi connectivity index (χ3v) is 3.94. The predicted molar refractivity (Wildman–Crippen MR) is 75.3 cm³/mol. The van der Waals surface area contributed by atoms with Gasteiger partial charge >= 0.3 is 0 Å². The van der Waals surface area contributed by atoms with Crippen LogP contribution in [0.2, 0.25) is 0 Å². The van der Waals surface area contributed by atoms with Gasteiger partial charge in [-0.1, -0.05) is 24.3 Å². The molecule has 0 saturated heterocycles. The molecule has 4 nitrogen and oxygen atoms in total. The van der Waals surface area contributed by atoms with E-state index in [4.69, 9.17) is 0 Å². The SMILES string of the molecule is C/C(=N/NS(=O)(=O)c1ccccc1)c1c(F)cccc1F. The Hall–Kier alpha value is -2.28. The lowest BCUT2D eigenvalue weighted by Gasteiger charge is -2.06. The van der Waals surface area contributed by atoms with E-state index in [0.717, 1.165) is 12.1 Å². The summed E-state index contributed by atoms with van der Waals surface area (Å²) < 4.78 is 51.0. The molecule has 0 atom stereocenters. The van der Waals surface area contributed by atoms with Crippen molar-refractivity contribution in [1.29, 1.82) is 0 Å². The molecule has 0 spiro atoms. The summed E-state index contributed by atoms with van der Waals surface area (Å²) in [5, 5.41) is 3.56. The van der Waals surface area contributed by atoms with Gasteiger partial charge in [-0.05, 0) is 31.2 Å². The van der Waals surface area contributed by atoms with Gasteiger partial charge in [-0.15, -0.1) is 0 Å². The summed E-state index contributed by atoms with van der Waals surface area (Å²) in [5.41, 5.74) is -0.474. The van der Waals surface area contributed by atoms with Gasteiger partial charge in [-0.25, -0.2) is 8.78 Å². The molecule has 0 aliphatic rings. The molecule has 0 heterocycles. The summed E-state index contributed by atoms with van der Waals surface area (Å²) in [6, 6.07) is 10.9. The second-order valence-corrected chi connectivity index (χ2v) is 5.86. The van der Waals surface area contributed by atoms with Crippen LogP contribution in [0.15, 0.2) is 58.5 Å². The summed E-state index contributed by atoms with van der Waals surface area (Å²) in [7, 11) is -3.87. The van der Waals surface area contributed by atoms with Crippen LogP contribution in [0.5, 0.6) is 0 Å². The quantitative estimate of drug-likeness (QED) is 0.697. The smallest absolute Gasteiger partial charge is 0.206 e. The van der Waals surface area contributed by atoms with Crippen LogP contribution in [0.4, 0.5) is 8.78 Å². The van der Waals surface area contributed by atoms with Crippen LogP contribution in [0, 0.1) is 11.6 Å². The van der Waals surface area contributed by atoms with Crippen molar-refractivity contribution >= 4 is 15.7 Å². The Morgan fingerprint density at radius 3 is 2.14 bits per heavy atom.